The Balaban J connectivity index is 1.77. The maximum Gasteiger partial charge on any atom is 0.282 e. The summed E-state index contributed by atoms with van der Waals surface area (Å²) in [5.41, 5.74) is 1.74. The zero-order valence-corrected chi connectivity index (χ0v) is 18.9. The highest BCUT2D eigenvalue weighted by Crippen LogP contribution is 2.29. The number of ether oxygens (including phenoxy) is 2. The summed E-state index contributed by atoms with van der Waals surface area (Å²) >= 11 is 0. The zero-order chi connectivity index (χ0) is 23.4. The molecule has 0 atom stereocenters. The minimum atomic E-state index is -4.04. The van der Waals surface area contributed by atoms with Gasteiger partial charge in [-0.2, -0.15) is 12.8 Å². The number of hydrogen-bond acceptors (Lipinski definition) is 6. The van der Waals surface area contributed by atoms with E-state index in [0.29, 0.717) is 34.9 Å². The van der Waals surface area contributed by atoms with Crippen molar-refractivity contribution in [3.8, 4) is 11.5 Å². The number of para-hydroxylation sites is 2. The van der Waals surface area contributed by atoms with Crippen LogP contribution in [0.5, 0.6) is 11.5 Å². The third-order valence-corrected chi connectivity index (χ3v) is 6.31. The van der Waals surface area contributed by atoms with E-state index in [1.54, 1.807) is 54.6 Å². The average Bonchev–Trinajstić information content (AvgIpc) is 2.83. The normalized spacial score (nSPS) is 14.4. The summed E-state index contributed by atoms with van der Waals surface area (Å²) in [6.45, 7) is 2.33. The highest BCUT2D eigenvalue weighted by Gasteiger charge is 2.26. The number of hydrogen-bond donors (Lipinski definition) is 1. The summed E-state index contributed by atoms with van der Waals surface area (Å²) in [6, 6.07) is 20.0. The number of rotatable bonds is 7. The van der Waals surface area contributed by atoms with Crippen molar-refractivity contribution >= 4 is 27.2 Å². The number of carbonyl (C=O) groups is 1. The molecule has 0 heterocycles. The van der Waals surface area contributed by atoms with Crippen molar-refractivity contribution in [3.05, 3.63) is 95.7 Å². The second kappa shape index (κ2) is 9.30. The van der Waals surface area contributed by atoms with Crippen LogP contribution in [-0.4, -0.2) is 33.6 Å². The lowest BCUT2D eigenvalue weighted by molar-refractivity contribution is 0.103. The Morgan fingerprint density at radius 3 is 2.27 bits per heavy atom. The number of fused-ring (bicyclic) bond motifs is 1. The van der Waals surface area contributed by atoms with Crippen molar-refractivity contribution in [1.82, 2.24) is 0 Å². The SMILES string of the molecule is CCOc1ccc(S(=O)(=O)N=C2C=C(Nc3ccccc3OC)C(=O)c3ccccc32)cc1. The molecule has 0 spiro atoms. The highest BCUT2D eigenvalue weighted by atomic mass is 32.2. The van der Waals surface area contributed by atoms with Gasteiger partial charge in [-0.05, 0) is 49.4 Å². The quantitative estimate of drug-likeness (QED) is 0.557. The summed E-state index contributed by atoms with van der Waals surface area (Å²) in [5.74, 6) is 0.848. The fourth-order valence-corrected chi connectivity index (χ4v) is 4.44. The average molecular weight is 463 g/mol. The predicted octanol–water partition coefficient (Wildman–Crippen LogP) is 4.46. The molecule has 1 aliphatic carbocycles. The van der Waals surface area contributed by atoms with Gasteiger partial charge >= 0.3 is 0 Å². The minimum Gasteiger partial charge on any atom is -0.495 e. The van der Waals surface area contributed by atoms with Gasteiger partial charge in [-0.3, -0.25) is 4.79 Å². The number of methoxy groups -OCH3 is 1. The van der Waals surface area contributed by atoms with Gasteiger partial charge < -0.3 is 14.8 Å². The van der Waals surface area contributed by atoms with Gasteiger partial charge in [0.1, 0.15) is 11.5 Å². The molecular weight excluding hydrogens is 440 g/mol. The van der Waals surface area contributed by atoms with E-state index in [4.69, 9.17) is 9.47 Å². The molecule has 0 radical (unpaired) electrons. The first-order valence-corrected chi connectivity index (χ1v) is 11.7. The van der Waals surface area contributed by atoms with Crippen LogP contribution >= 0.6 is 0 Å². The van der Waals surface area contributed by atoms with E-state index >= 15 is 0 Å². The van der Waals surface area contributed by atoms with Gasteiger partial charge in [0.2, 0.25) is 5.78 Å². The second-order valence-corrected chi connectivity index (χ2v) is 8.72. The number of ketones is 1. The van der Waals surface area contributed by atoms with Crippen LogP contribution in [-0.2, 0) is 10.0 Å². The molecule has 0 bridgehead atoms. The van der Waals surface area contributed by atoms with Gasteiger partial charge in [0, 0.05) is 11.1 Å². The van der Waals surface area contributed by atoms with Crippen LogP contribution in [0.2, 0.25) is 0 Å². The standard InChI is InChI=1S/C25H22N2O5S/c1-3-32-17-12-14-18(15-13-17)33(29,30)27-22-16-23(25(28)20-9-5-4-8-19(20)22)26-21-10-6-7-11-24(21)31-2/h4-16,26H,3H2,1-2H3. The molecule has 4 rings (SSSR count). The first-order valence-electron chi connectivity index (χ1n) is 10.3. The van der Waals surface area contributed by atoms with Crippen LogP contribution in [0.4, 0.5) is 5.69 Å². The molecule has 0 saturated heterocycles. The van der Waals surface area contributed by atoms with Crippen molar-refractivity contribution in [2.24, 2.45) is 4.40 Å². The number of anilines is 1. The minimum absolute atomic E-state index is 0.0282. The van der Waals surface area contributed by atoms with E-state index in [-0.39, 0.29) is 22.1 Å². The van der Waals surface area contributed by atoms with E-state index < -0.39 is 10.0 Å². The van der Waals surface area contributed by atoms with Crippen molar-refractivity contribution in [2.75, 3.05) is 19.0 Å². The summed E-state index contributed by atoms with van der Waals surface area (Å²) in [6.07, 6.45) is 1.45. The summed E-state index contributed by atoms with van der Waals surface area (Å²) in [7, 11) is -2.51. The van der Waals surface area contributed by atoms with Gasteiger partial charge in [0.05, 0.1) is 35.7 Å². The molecular formula is C25H22N2O5S. The maximum absolute atomic E-state index is 13.1. The van der Waals surface area contributed by atoms with Crippen molar-refractivity contribution in [1.29, 1.82) is 0 Å². The lowest BCUT2D eigenvalue weighted by Crippen LogP contribution is -2.22. The van der Waals surface area contributed by atoms with E-state index in [1.165, 1.54) is 25.3 Å². The monoisotopic (exact) mass is 462 g/mol. The fraction of sp³-hybridized carbons (Fsp3) is 0.120. The third kappa shape index (κ3) is 4.65. The number of Topliss-reactive ketones (excluding diaryl/α,β-unsaturated/α-hetero) is 1. The van der Waals surface area contributed by atoms with Gasteiger partial charge in [0.15, 0.2) is 0 Å². The van der Waals surface area contributed by atoms with Gasteiger partial charge in [0.25, 0.3) is 10.0 Å². The van der Waals surface area contributed by atoms with E-state index in [2.05, 4.69) is 9.71 Å². The second-order valence-electron chi connectivity index (χ2n) is 7.11. The Kier molecular flexibility index (Phi) is 6.28. The summed E-state index contributed by atoms with van der Waals surface area (Å²) in [4.78, 5) is 13.1. The van der Waals surface area contributed by atoms with E-state index in [9.17, 15) is 13.2 Å². The van der Waals surface area contributed by atoms with Crippen LogP contribution in [0.15, 0.2) is 93.9 Å². The number of nitrogens with one attached hydrogen (secondary N) is 1. The molecule has 33 heavy (non-hydrogen) atoms. The largest absolute Gasteiger partial charge is 0.495 e. The van der Waals surface area contributed by atoms with Gasteiger partial charge in [-0.15, -0.1) is 0 Å². The smallest absolute Gasteiger partial charge is 0.282 e. The van der Waals surface area contributed by atoms with Crippen LogP contribution in [0.1, 0.15) is 22.8 Å². The zero-order valence-electron chi connectivity index (χ0n) is 18.1. The predicted molar refractivity (Wildman–Crippen MR) is 127 cm³/mol. The molecule has 0 unspecified atom stereocenters. The molecule has 1 aliphatic rings. The Hall–Kier alpha value is -3.91. The van der Waals surface area contributed by atoms with Crippen LogP contribution in [0, 0.1) is 0 Å². The molecule has 0 aliphatic heterocycles. The molecule has 168 valence electrons. The molecule has 1 N–H and O–H groups in total. The molecule has 0 saturated carbocycles. The molecule has 8 heteroatoms. The van der Waals surface area contributed by atoms with Gasteiger partial charge in [-0.1, -0.05) is 36.4 Å². The van der Waals surface area contributed by atoms with Crippen molar-refractivity contribution in [2.45, 2.75) is 11.8 Å². The molecule has 3 aromatic rings. The molecule has 0 fully saturated rings. The third-order valence-electron chi connectivity index (χ3n) is 5.00. The van der Waals surface area contributed by atoms with Crippen LogP contribution in [0.3, 0.4) is 0 Å². The van der Waals surface area contributed by atoms with E-state index in [1.807, 2.05) is 13.0 Å². The fourth-order valence-electron chi connectivity index (χ4n) is 3.45. The molecule has 7 nitrogen and oxygen atoms in total. The first kappa shape index (κ1) is 22.3. The van der Waals surface area contributed by atoms with Crippen LogP contribution < -0.4 is 14.8 Å². The Labute approximate surface area is 192 Å². The molecule has 0 amide bonds. The van der Waals surface area contributed by atoms with Crippen molar-refractivity contribution < 1.29 is 22.7 Å². The molecule has 0 aromatic heterocycles. The number of sulfonamides is 1. The molecule has 3 aromatic carbocycles. The highest BCUT2D eigenvalue weighted by molar-refractivity contribution is 7.90. The Morgan fingerprint density at radius 2 is 1.58 bits per heavy atom. The maximum atomic E-state index is 13.1. The van der Waals surface area contributed by atoms with Crippen LogP contribution in [0.25, 0.3) is 0 Å². The number of carbonyl (C=O) groups excluding carboxylic acids is 1. The number of nitrogens with zero attached hydrogens (tertiary/aromatic N) is 1. The number of benzene rings is 3. The lowest BCUT2D eigenvalue weighted by Gasteiger charge is -2.19. The Bertz CT molecular complexity index is 1360. The summed E-state index contributed by atoms with van der Waals surface area (Å²) < 4.78 is 40.9. The number of allylic oxidation sites excluding steroid dienone is 2. The first-order chi connectivity index (χ1) is 15.9. The van der Waals surface area contributed by atoms with Gasteiger partial charge in [-0.25, -0.2) is 0 Å². The topological polar surface area (TPSA) is 94.1 Å². The lowest BCUT2D eigenvalue weighted by atomic mass is 9.92. The van der Waals surface area contributed by atoms with Crippen molar-refractivity contribution in [3.63, 3.8) is 0 Å². The summed E-state index contributed by atoms with van der Waals surface area (Å²) in [5, 5.41) is 3.06. The van der Waals surface area contributed by atoms with E-state index in [0.717, 1.165) is 0 Å². The Morgan fingerprint density at radius 1 is 0.909 bits per heavy atom.